The summed E-state index contributed by atoms with van der Waals surface area (Å²) >= 11 is 0. The van der Waals surface area contributed by atoms with E-state index in [-0.39, 0.29) is 41.3 Å². The van der Waals surface area contributed by atoms with Crippen LogP contribution < -0.4 is 19.5 Å². The van der Waals surface area contributed by atoms with E-state index >= 15 is 0 Å². The maximum absolute atomic E-state index is 14.8. The van der Waals surface area contributed by atoms with Gasteiger partial charge in [0.05, 0.1) is 62.9 Å². The summed E-state index contributed by atoms with van der Waals surface area (Å²) < 4.78 is 18.4. The summed E-state index contributed by atoms with van der Waals surface area (Å²) in [4.78, 5) is 16.1. The molecule has 6 aliphatic rings. The molecule has 1 amide bonds. The van der Waals surface area contributed by atoms with Crippen molar-refractivity contribution in [3.05, 3.63) is 71.1 Å². The summed E-state index contributed by atoms with van der Waals surface area (Å²) in [5.74, 6) is 2.17. The van der Waals surface area contributed by atoms with Crippen LogP contribution >= 0.6 is 0 Å². The van der Waals surface area contributed by atoms with Gasteiger partial charge in [0.25, 0.3) is 0 Å². The third kappa shape index (κ3) is 2.85. The molecule has 4 fully saturated rings. The second-order valence-corrected chi connectivity index (χ2v) is 12.6. The Hall–Kier alpha value is -3.29. The minimum absolute atomic E-state index is 0.0408. The smallest absolute Gasteiger partial charge is 0.229 e. The highest BCUT2D eigenvalue weighted by Gasteiger charge is 2.76. The van der Waals surface area contributed by atoms with E-state index in [9.17, 15) is 9.90 Å². The van der Waals surface area contributed by atoms with Crippen LogP contribution in [0.1, 0.15) is 43.7 Å². The Morgan fingerprint density at radius 2 is 1.93 bits per heavy atom. The van der Waals surface area contributed by atoms with Crippen molar-refractivity contribution in [2.45, 2.75) is 56.2 Å². The van der Waals surface area contributed by atoms with E-state index in [2.05, 4.69) is 17.0 Å². The Labute approximate surface area is 235 Å². The van der Waals surface area contributed by atoms with E-state index in [1.54, 1.807) is 14.2 Å². The van der Waals surface area contributed by atoms with Gasteiger partial charge in [-0.15, -0.1) is 0 Å². The van der Waals surface area contributed by atoms with Gasteiger partial charge in [-0.2, -0.15) is 0 Å². The van der Waals surface area contributed by atoms with Gasteiger partial charge in [-0.05, 0) is 42.0 Å². The second kappa shape index (κ2) is 8.37. The molecule has 0 aromatic heterocycles. The van der Waals surface area contributed by atoms with E-state index in [1.807, 2.05) is 43.3 Å². The number of methoxy groups -OCH3 is 2. The summed E-state index contributed by atoms with van der Waals surface area (Å²) in [6.45, 7) is 4.14. The first-order chi connectivity index (χ1) is 19.4. The summed E-state index contributed by atoms with van der Waals surface area (Å²) in [6.07, 6.45) is 5.30. The third-order valence-electron chi connectivity index (χ3n) is 11.3. The molecule has 1 aliphatic carbocycles. The number of piperidine rings is 2. The summed E-state index contributed by atoms with van der Waals surface area (Å²) in [6, 6.07) is 14.2. The van der Waals surface area contributed by atoms with Crippen LogP contribution in [0.15, 0.2) is 60.0 Å². The highest BCUT2D eigenvalue weighted by atomic mass is 16.5. The lowest BCUT2D eigenvalue weighted by atomic mass is 9.53. The first-order valence-electron chi connectivity index (χ1n) is 14.6. The molecule has 1 saturated carbocycles. The minimum Gasteiger partial charge on any atom is -0.831 e. The lowest BCUT2D eigenvalue weighted by Crippen LogP contribution is -2.73. The molecule has 3 saturated heterocycles. The molecule has 1 unspecified atom stereocenters. The number of quaternary nitrogens is 1. The first-order valence-corrected chi connectivity index (χ1v) is 14.6. The fourth-order valence-electron chi connectivity index (χ4n) is 9.83. The van der Waals surface area contributed by atoms with Gasteiger partial charge in [-0.25, -0.2) is 0 Å². The van der Waals surface area contributed by atoms with Crippen molar-refractivity contribution < 1.29 is 28.6 Å². The average Bonchev–Trinajstić information content (AvgIpc) is 3.49. The van der Waals surface area contributed by atoms with E-state index in [4.69, 9.17) is 14.2 Å². The molecule has 7 nitrogen and oxygen atoms in total. The van der Waals surface area contributed by atoms with Crippen LogP contribution in [-0.2, 0) is 14.9 Å². The maximum atomic E-state index is 14.8. The number of anilines is 1. The molecule has 2 aromatic rings. The molecule has 0 N–H and O–H groups in total. The molecular formula is C33H36N2O5. The van der Waals surface area contributed by atoms with Gasteiger partial charge in [0.2, 0.25) is 5.91 Å². The molecule has 2 aromatic carbocycles. The molecule has 7 heteroatoms. The largest absolute Gasteiger partial charge is 0.831 e. The molecule has 5 heterocycles. The molecule has 0 radical (unpaired) electrons. The molecule has 7 atom stereocenters. The quantitative estimate of drug-likeness (QED) is 0.336. The van der Waals surface area contributed by atoms with Crippen molar-refractivity contribution in [2.75, 3.05) is 38.8 Å². The Balaban J connectivity index is 1.40. The molecule has 40 heavy (non-hydrogen) atoms. The SMILES string of the molecule is COc1cc2c(cc1OC)[C@@]13CC[N+]4(/C([O-])=C(\C)c5ccccc5)C/C5=C/CCO[C@H]6CC(=O)N2[C@H]1[C@H]6[C@H]5C[C@@H]34. The van der Waals surface area contributed by atoms with Gasteiger partial charge in [-0.1, -0.05) is 36.4 Å². The number of carbonyl (C=O) groups is 1. The highest BCUT2D eigenvalue weighted by molar-refractivity contribution is 5.99. The number of fused-ring (bicyclic) bond motifs is 2. The van der Waals surface area contributed by atoms with Crippen molar-refractivity contribution in [2.24, 2.45) is 11.8 Å². The van der Waals surface area contributed by atoms with Gasteiger partial charge in [-0.3, -0.25) is 9.28 Å². The number of benzene rings is 2. The summed E-state index contributed by atoms with van der Waals surface area (Å²) in [7, 11) is 3.31. The van der Waals surface area contributed by atoms with Crippen LogP contribution in [0.25, 0.3) is 5.57 Å². The third-order valence-corrected chi connectivity index (χ3v) is 11.3. The lowest BCUT2D eigenvalue weighted by molar-refractivity contribution is -0.948. The van der Waals surface area contributed by atoms with Crippen LogP contribution in [0.5, 0.6) is 11.5 Å². The lowest BCUT2D eigenvalue weighted by Gasteiger charge is -2.62. The van der Waals surface area contributed by atoms with Crippen molar-refractivity contribution in [3.63, 3.8) is 0 Å². The minimum atomic E-state index is -0.342. The fourth-order valence-corrected chi connectivity index (χ4v) is 9.83. The Bertz CT molecular complexity index is 1480. The highest BCUT2D eigenvalue weighted by Crippen LogP contribution is 2.69. The van der Waals surface area contributed by atoms with E-state index in [0.29, 0.717) is 34.9 Å². The van der Waals surface area contributed by atoms with E-state index in [0.717, 1.165) is 54.7 Å². The zero-order valence-electron chi connectivity index (χ0n) is 23.4. The van der Waals surface area contributed by atoms with Crippen molar-refractivity contribution in [3.8, 4) is 11.5 Å². The Morgan fingerprint density at radius 1 is 1.15 bits per heavy atom. The zero-order chi connectivity index (χ0) is 27.4. The van der Waals surface area contributed by atoms with Gasteiger partial charge >= 0.3 is 0 Å². The van der Waals surface area contributed by atoms with Gasteiger partial charge < -0.3 is 24.2 Å². The van der Waals surface area contributed by atoms with Crippen molar-refractivity contribution in [1.29, 1.82) is 0 Å². The fraction of sp³-hybridized carbons (Fsp3) is 0.485. The number of amides is 1. The Morgan fingerprint density at radius 3 is 2.70 bits per heavy atom. The predicted octanol–water partition coefficient (Wildman–Crippen LogP) is 3.76. The number of nitrogens with zero attached hydrogens (tertiary/aromatic N) is 2. The maximum Gasteiger partial charge on any atom is 0.229 e. The molecule has 2 bridgehead atoms. The number of allylic oxidation sites excluding steroid dienone is 1. The number of hydrogen-bond acceptors (Lipinski definition) is 5. The van der Waals surface area contributed by atoms with Crippen LogP contribution in [-0.4, -0.2) is 62.5 Å². The number of hydrogen-bond donors (Lipinski definition) is 0. The topological polar surface area (TPSA) is 71.1 Å². The monoisotopic (exact) mass is 540 g/mol. The molecule has 8 rings (SSSR count). The summed E-state index contributed by atoms with van der Waals surface area (Å²) in [5.41, 5.74) is 4.96. The van der Waals surface area contributed by atoms with Crippen LogP contribution in [0.3, 0.4) is 0 Å². The van der Waals surface area contributed by atoms with Crippen LogP contribution in [0.2, 0.25) is 0 Å². The molecule has 208 valence electrons. The average molecular weight is 541 g/mol. The predicted molar refractivity (Wildman–Crippen MR) is 149 cm³/mol. The van der Waals surface area contributed by atoms with Crippen molar-refractivity contribution in [1.82, 2.24) is 0 Å². The zero-order valence-corrected chi connectivity index (χ0v) is 23.4. The van der Waals surface area contributed by atoms with E-state index in [1.165, 1.54) is 5.57 Å². The van der Waals surface area contributed by atoms with Gasteiger partial charge in [0.15, 0.2) is 11.5 Å². The molecule has 5 aliphatic heterocycles. The van der Waals surface area contributed by atoms with Crippen molar-refractivity contribution >= 4 is 17.2 Å². The molecule has 1 spiro atoms. The molecular weight excluding hydrogens is 504 g/mol. The van der Waals surface area contributed by atoms with Gasteiger partial charge in [0.1, 0.15) is 12.6 Å². The Kier molecular flexibility index (Phi) is 5.12. The number of rotatable bonds is 4. The van der Waals surface area contributed by atoms with Gasteiger partial charge in [0, 0.05) is 30.4 Å². The van der Waals surface area contributed by atoms with Crippen LogP contribution in [0.4, 0.5) is 5.69 Å². The standard InChI is InChI=1S/C33H36N2O5/c1-19(20-8-5-4-6-9-20)32(37)35-12-11-33-23-15-25(38-2)26(39-3)16-24(23)34-29(36)17-27-30(31(33)34)22(14-28(33)35)21(18-35)10-7-13-40-27/h4-6,8-10,15-16,22,27-28,30-31H,7,11-14,17-18H2,1-3H3/b21-10-,32-19-/t22-,27-,28-,30-,31-,33+,35?/m0/s1. The number of carbonyl (C=O) groups excluding carboxylic acids is 1. The number of ether oxygens (including phenoxy) is 3. The second-order valence-electron chi connectivity index (χ2n) is 12.6. The normalized spacial score (nSPS) is 38.5. The first kappa shape index (κ1) is 24.5. The van der Waals surface area contributed by atoms with Crippen LogP contribution in [0, 0.1) is 11.8 Å². The summed E-state index contributed by atoms with van der Waals surface area (Å²) in [5, 5.41) is 14.8. The van der Waals surface area contributed by atoms with E-state index < -0.39 is 0 Å².